The molecule has 0 saturated heterocycles. The number of rotatable bonds is 4. The molecule has 1 heterocycles. The van der Waals surface area contributed by atoms with Crippen LogP contribution in [0.4, 0.5) is 0 Å². The predicted octanol–water partition coefficient (Wildman–Crippen LogP) is 6.20. The zero-order valence-corrected chi connectivity index (χ0v) is 16.5. The van der Waals surface area contributed by atoms with Crippen molar-refractivity contribution in [3.05, 3.63) is 90.0 Å². The molecule has 5 rings (SSSR count). The van der Waals surface area contributed by atoms with Gasteiger partial charge in [0.2, 0.25) is 0 Å². The molecule has 0 spiro atoms. The van der Waals surface area contributed by atoms with Crippen LogP contribution in [-0.2, 0) is 6.42 Å². The summed E-state index contributed by atoms with van der Waals surface area (Å²) in [6.45, 7) is 0. The Kier molecular flexibility index (Phi) is 4.36. The first-order valence-corrected chi connectivity index (χ1v) is 9.77. The van der Waals surface area contributed by atoms with Crippen molar-refractivity contribution in [2.45, 2.75) is 12.5 Å². The first-order chi connectivity index (χ1) is 14.3. The molecule has 3 nitrogen and oxygen atoms in total. The van der Waals surface area contributed by atoms with Crippen molar-refractivity contribution in [1.82, 2.24) is 0 Å². The Morgan fingerprint density at radius 3 is 2.34 bits per heavy atom. The Hall–Kier alpha value is -3.46. The van der Waals surface area contributed by atoms with E-state index in [9.17, 15) is 0 Å². The van der Waals surface area contributed by atoms with Crippen LogP contribution in [0.1, 0.15) is 17.2 Å². The Bertz CT molecular complexity index is 1180. The van der Waals surface area contributed by atoms with Crippen LogP contribution in [0.3, 0.4) is 0 Å². The molecule has 1 atom stereocenters. The maximum atomic E-state index is 6.55. The van der Waals surface area contributed by atoms with Gasteiger partial charge in [-0.05, 0) is 40.3 Å². The van der Waals surface area contributed by atoms with Gasteiger partial charge in [0.05, 0.1) is 14.2 Å². The molecule has 4 aromatic carbocycles. The van der Waals surface area contributed by atoms with Crippen LogP contribution in [0, 0.1) is 0 Å². The van der Waals surface area contributed by atoms with Crippen LogP contribution in [0.25, 0.3) is 21.9 Å². The van der Waals surface area contributed by atoms with Crippen LogP contribution in [0.2, 0.25) is 0 Å². The molecular weight excluding hydrogens is 360 g/mol. The summed E-state index contributed by atoms with van der Waals surface area (Å²) in [6, 6.07) is 27.3. The van der Waals surface area contributed by atoms with E-state index >= 15 is 0 Å². The number of ether oxygens (including phenoxy) is 3. The highest BCUT2D eigenvalue weighted by Gasteiger charge is 2.29. The molecule has 0 radical (unpaired) electrons. The van der Waals surface area contributed by atoms with Gasteiger partial charge in [0, 0.05) is 17.4 Å². The Labute approximate surface area is 170 Å². The molecular formula is C26H22O3. The summed E-state index contributed by atoms with van der Waals surface area (Å²) in [5.41, 5.74) is 4.80. The van der Waals surface area contributed by atoms with Crippen molar-refractivity contribution in [2.24, 2.45) is 0 Å². The molecule has 0 saturated carbocycles. The number of hydrogen-bond acceptors (Lipinski definition) is 3. The van der Waals surface area contributed by atoms with Crippen molar-refractivity contribution < 1.29 is 14.2 Å². The lowest BCUT2D eigenvalue weighted by atomic mass is 9.92. The van der Waals surface area contributed by atoms with Crippen molar-refractivity contribution in [3.8, 4) is 28.4 Å². The van der Waals surface area contributed by atoms with Gasteiger partial charge in [-0.25, -0.2) is 0 Å². The lowest BCUT2D eigenvalue weighted by Gasteiger charge is -2.14. The van der Waals surface area contributed by atoms with Crippen LogP contribution in [-0.4, -0.2) is 14.2 Å². The maximum Gasteiger partial charge on any atom is 0.161 e. The van der Waals surface area contributed by atoms with Crippen molar-refractivity contribution in [3.63, 3.8) is 0 Å². The van der Waals surface area contributed by atoms with E-state index in [0.717, 1.165) is 34.6 Å². The average molecular weight is 382 g/mol. The molecule has 4 aromatic rings. The Morgan fingerprint density at radius 2 is 1.55 bits per heavy atom. The van der Waals surface area contributed by atoms with Gasteiger partial charge in [-0.15, -0.1) is 0 Å². The second kappa shape index (κ2) is 7.17. The first kappa shape index (κ1) is 17.6. The van der Waals surface area contributed by atoms with Crippen LogP contribution < -0.4 is 14.2 Å². The highest BCUT2D eigenvalue weighted by molar-refractivity contribution is 5.95. The molecule has 0 aliphatic carbocycles. The number of hydrogen-bond donors (Lipinski definition) is 0. The van der Waals surface area contributed by atoms with E-state index < -0.39 is 0 Å². The zero-order valence-electron chi connectivity index (χ0n) is 16.5. The summed E-state index contributed by atoms with van der Waals surface area (Å²) in [4.78, 5) is 0. The van der Waals surface area contributed by atoms with E-state index in [0.29, 0.717) is 0 Å². The van der Waals surface area contributed by atoms with Crippen molar-refractivity contribution in [1.29, 1.82) is 0 Å². The van der Waals surface area contributed by atoms with Gasteiger partial charge in [0.1, 0.15) is 11.9 Å². The fourth-order valence-electron chi connectivity index (χ4n) is 4.18. The quantitative estimate of drug-likeness (QED) is 0.420. The summed E-state index contributed by atoms with van der Waals surface area (Å²) >= 11 is 0. The minimum absolute atomic E-state index is 0.0573. The van der Waals surface area contributed by atoms with E-state index in [4.69, 9.17) is 14.2 Å². The molecule has 3 heteroatoms. The third-order valence-electron chi connectivity index (χ3n) is 5.62. The fraction of sp³-hybridized carbons (Fsp3) is 0.154. The number of methoxy groups -OCH3 is 2. The predicted molar refractivity (Wildman–Crippen MR) is 116 cm³/mol. The van der Waals surface area contributed by atoms with E-state index in [-0.39, 0.29) is 6.10 Å². The minimum Gasteiger partial charge on any atom is -0.493 e. The van der Waals surface area contributed by atoms with Gasteiger partial charge in [0.25, 0.3) is 0 Å². The van der Waals surface area contributed by atoms with E-state index in [1.165, 1.54) is 22.1 Å². The summed E-state index contributed by atoms with van der Waals surface area (Å²) in [5.74, 6) is 2.43. The molecule has 29 heavy (non-hydrogen) atoms. The standard InChI is InChI=1S/C26H22O3/c1-27-23-13-12-19(15-25(23)28-2)24-16-22-21(17-8-4-3-5-9-17)14-18-10-6-7-11-20(18)26(22)29-24/h3-15,24H,16H2,1-2H3. The van der Waals surface area contributed by atoms with Gasteiger partial charge < -0.3 is 14.2 Å². The maximum absolute atomic E-state index is 6.55. The molecule has 0 amide bonds. The minimum atomic E-state index is -0.0573. The molecule has 1 unspecified atom stereocenters. The highest BCUT2D eigenvalue weighted by atomic mass is 16.5. The largest absolute Gasteiger partial charge is 0.493 e. The SMILES string of the molecule is COc1ccc(C2Cc3c(-c4ccccc4)cc4ccccc4c3O2)cc1OC. The molecule has 0 bridgehead atoms. The second-order valence-electron chi connectivity index (χ2n) is 7.24. The molecule has 0 N–H and O–H groups in total. The fourth-order valence-corrected chi connectivity index (χ4v) is 4.18. The smallest absolute Gasteiger partial charge is 0.161 e. The van der Waals surface area contributed by atoms with E-state index in [2.05, 4.69) is 60.7 Å². The van der Waals surface area contributed by atoms with Gasteiger partial charge in [-0.2, -0.15) is 0 Å². The second-order valence-corrected chi connectivity index (χ2v) is 7.24. The Balaban J connectivity index is 1.63. The molecule has 1 aliphatic heterocycles. The molecule has 0 aromatic heterocycles. The first-order valence-electron chi connectivity index (χ1n) is 9.77. The van der Waals surface area contributed by atoms with E-state index in [1.807, 2.05) is 18.2 Å². The van der Waals surface area contributed by atoms with Crippen LogP contribution >= 0.6 is 0 Å². The third kappa shape index (κ3) is 2.99. The summed E-state index contributed by atoms with van der Waals surface area (Å²) in [6.07, 6.45) is 0.762. The van der Waals surface area contributed by atoms with Crippen molar-refractivity contribution >= 4 is 10.8 Å². The summed E-state index contributed by atoms with van der Waals surface area (Å²) < 4.78 is 17.4. The Morgan fingerprint density at radius 1 is 0.793 bits per heavy atom. The summed E-state index contributed by atoms with van der Waals surface area (Å²) in [7, 11) is 3.31. The van der Waals surface area contributed by atoms with Crippen LogP contribution in [0.5, 0.6) is 17.2 Å². The molecule has 1 aliphatic rings. The van der Waals surface area contributed by atoms with Gasteiger partial charge in [-0.3, -0.25) is 0 Å². The lowest BCUT2D eigenvalue weighted by Crippen LogP contribution is -2.04. The number of benzene rings is 4. The van der Waals surface area contributed by atoms with Gasteiger partial charge in [-0.1, -0.05) is 60.7 Å². The molecule has 0 fully saturated rings. The number of fused-ring (bicyclic) bond motifs is 3. The molecule has 144 valence electrons. The topological polar surface area (TPSA) is 27.7 Å². The lowest BCUT2D eigenvalue weighted by molar-refractivity contribution is 0.240. The normalized spacial score (nSPS) is 15.0. The highest BCUT2D eigenvalue weighted by Crippen LogP contribution is 2.47. The van der Waals surface area contributed by atoms with E-state index in [1.54, 1.807) is 14.2 Å². The van der Waals surface area contributed by atoms with Gasteiger partial charge >= 0.3 is 0 Å². The van der Waals surface area contributed by atoms with Crippen LogP contribution in [0.15, 0.2) is 78.9 Å². The zero-order chi connectivity index (χ0) is 19.8. The monoisotopic (exact) mass is 382 g/mol. The van der Waals surface area contributed by atoms with Crippen molar-refractivity contribution in [2.75, 3.05) is 14.2 Å². The van der Waals surface area contributed by atoms with Gasteiger partial charge in [0.15, 0.2) is 11.5 Å². The summed E-state index contributed by atoms with van der Waals surface area (Å²) in [5, 5.41) is 2.35. The third-order valence-corrected chi connectivity index (χ3v) is 5.62. The average Bonchev–Trinajstić information content (AvgIpc) is 3.24.